The van der Waals surface area contributed by atoms with Crippen molar-refractivity contribution in [1.29, 1.82) is 0 Å². The maximum absolute atomic E-state index is 13.1. The average Bonchev–Trinajstić information content (AvgIpc) is 0.900. The molecule has 0 bridgehead atoms. The fourth-order valence-corrected chi connectivity index (χ4v) is 12.6. The molecule has 0 rings (SSSR count). The van der Waals surface area contributed by atoms with E-state index < -0.39 is 97.5 Å². The van der Waals surface area contributed by atoms with Gasteiger partial charge in [-0.1, -0.05) is 295 Å². The number of aliphatic hydroxyl groups excluding tert-OH is 1. The molecule has 0 fully saturated rings. The SMILES string of the molecule is CC/C=C\C/C=C\C/C=C\C/C=C\C/C=C\CCCCCC(=O)OCC(COP(=O)(O)OCC(O)COP(=O)(O)OCC(COC(=O)CCCCCCCC/C=C\C/C=C\C/C=C\C/C=C\CC)OC(=O)CCCCCCC/C=C\CCCCCC)OC(=O)CCCCCCCC/C=C\C/C=C\C/C=C\CCCCC. The van der Waals surface area contributed by atoms with E-state index in [-0.39, 0.29) is 25.7 Å². The molecular weight excluding hydrogens is 1430 g/mol. The minimum absolute atomic E-state index is 0.0678. The maximum Gasteiger partial charge on any atom is 0.472 e. The number of carbonyl (C=O) groups excluding carboxylic acids is 4. The molecule has 0 aromatic heterocycles. The normalized spacial score (nSPS) is 14.6. The molecule has 0 saturated carbocycles. The van der Waals surface area contributed by atoms with Gasteiger partial charge in [-0.15, -0.1) is 0 Å². The third-order valence-electron chi connectivity index (χ3n) is 17.5. The van der Waals surface area contributed by atoms with Crippen LogP contribution in [-0.2, 0) is 65.4 Å². The summed E-state index contributed by atoms with van der Waals surface area (Å²) in [6.07, 6.45) is 96.3. The van der Waals surface area contributed by atoms with Crippen LogP contribution in [0.1, 0.15) is 336 Å². The molecule has 0 saturated heterocycles. The molecule has 0 radical (unpaired) electrons. The fourth-order valence-electron chi connectivity index (χ4n) is 11.0. The fraction of sp³-hybridized carbons (Fsp3) is 0.670. The summed E-state index contributed by atoms with van der Waals surface area (Å²) < 4.78 is 68.8. The highest BCUT2D eigenvalue weighted by Gasteiger charge is 2.30. The van der Waals surface area contributed by atoms with Crippen LogP contribution in [0.4, 0.5) is 0 Å². The second-order valence-electron chi connectivity index (χ2n) is 28.0. The first-order chi connectivity index (χ1) is 53.7. The number of hydrogen-bond acceptors (Lipinski definition) is 15. The molecule has 0 spiro atoms. The van der Waals surface area contributed by atoms with E-state index in [0.29, 0.717) is 25.7 Å². The molecule has 0 heterocycles. The van der Waals surface area contributed by atoms with Gasteiger partial charge in [0.25, 0.3) is 0 Å². The second-order valence-corrected chi connectivity index (χ2v) is 30.9. The molecule has 0 aromatic carbocycles. The Labute approximate surface area is 668 Å². The van der Waals surface area contributed by atoms with Gasteiger partial charge in [0, 0.05) is 25.7 Å². The van der Waals surface area contributed by atoms with E-state index >= 15 is 0 Å². The van der Waals surface area contributed by atoms with Crippen molar-refractivity contribution in [2.75, 3.05) is 39.6 Å². The van der Waals surface area contributed by atoms with Crippen LogP contribution < -0.4 is 0 Å². The number of ether oxygens (including phenoxy) is 4. The zero-order valence-electron chi connectivity index (χ0n) is 68.9. The molecule has 5 atom stereocenters. The van der Waals surface area contributed by atoms with Crippen molar-refractivity contribution in [2.24, 2.45) is 0 Å². The summed E-state index contributed by atoms with van der Waals surface area (Å²) in [6, 6.07) is 0. The first kappa shape index (κ1) is 105. The standard InChI is InChI=1S/C91H152O17P2/c1-5-9-13-17-21-25-29-33-36-39-42-45-48-52-55-59-63-67-71-75-88(93)101-81-86(107-90(95)77-73-69-65-61-57-51-32-28-24-20-16-12-8-4)83-105-109(97,98)103-79-85(92)80-104-110(99,100)106-84-87(108-91(96)78-74-70-66-62-58-54-50-47-44-41-38-35-31-27-23-19-15-11-7-3)82-102-89(94)76-72-68-64-60-56-53-49-46-43-40-37-34-30-26-22-18-14-10-6-2/h9-10,13-14,21-23,25-28,32-38,42-47,53,56,85-87,92H,5-8,11-12,15-20,24,29-31,39-41,48-52,54-55,57-84H2,1-4H3,(H,97,98)(H,99,100)/b13-9-,14-10-,25-21-,26-22-,27-23-,32-28-,36-33-,37-34-,38-35-,45-42-,46-43-,47-44-,56-53-. The lowest BCUT2D eigenvalue weighted by molar-refractivity contribution is -0.161. The van der Waals surface area contributed by atoms with Gasteiger partial charge in [0.15, 0.2) is 12.2 Å². The van der Waals surface area contributed by atoms with E-state index in [1.165, 1.54) is 44.9 Å². The number of aliphatic hydroxyl groups is 1. The topological polar surface area (TPSA) is 237 Å². The van der Waals surface area contributed by atoms with Crippen LogP contribution in [-0.4, -0.2) is 96.7 Å². The highest BCUT2D eigenvalue weighted by molar-refractivity contribution is 7.47. The Morgan fingerprint density at radius 2 is 0.473 bits per heavy atom. The minimum atomic E-state index is -5.00. The number of rotatable bonds is 79. The van der Waals surface area contributed by atoms with Crippen molar-refractivity contribution >= 4 is 39.5 Å². The van der Waals surface area contributed by atoms with Crippen LogP contribution in [0.3, 0.4) is 0 Å². The van der Waals surface area contributed by atoms with Crippen molar-refractivity contribution in [3.63, 3.8) is 0 Å². The Kier molecular flexibility index (Phi) is 77.7. The zero-order valence-corrected chi connectivity index (χ0v) is 70.7. The lowest BCUT2D eigenvalue weighted by atomic mass is 10.1. The summed E-state index contributed by atoms with van der Waals surface area (Å²) in [5.74, 6) is -2.25. The van der Waals surface area contributed by atoms with E-state index in [4.69, 9.17) is 37.0 Å². The number of esters is 4. The summed E-state index contributed by atoms with van der Waals surface area (Å²) in [6.45, 7) is 4.55. The Balaban J connectivity index is 5.43. The number of phosphoric acid groups is 2. The first-order valence-corrected chi connectivity index (χ1v) is 45.7. The lowest BCUT2D eigenvalue weighted by Gasteiger charge is -2.21. The summed E-state index contributed by atoms with van der Waals surface area (Å²) >= 11 is 0. The quantitative estimate of drug-likeness (QED) is 0.0169. The van der Waals surface area contributed by atoms with Crippen molar-refractivity contribution in [1.82, 2.24) is 0 Å². The minimum Gasteiger partial charge on any atom is -0.462 e. The zero-order chi connectivity index (χ0) is 80.3. The number of phosphoric ester groups is 2. The average molecular weight is 1580 g/mol. The van der Waals surface area contributed by atoms with Gasteiger partial charge >= 0.3 is 39.5 Å². The Morgan fingerprint density at radius 1 is 0.264 bits per heavy atom. The third kappa shape index (κ3) is 80.7. The molecule has 0 amide bonds. The molecule has 3 N–H and O–H groups in total. The Hall–Kier alpha value is -5.32. The van der Waals surface area contributed by atoms with E-state index in [2.05, 4.69) is 186 Å². The van der Waals surface area contributed by atoms with Crippen molar-refractivity contribution in [2.45, 2.75) is 354 Å². The van der Waals surface area contributed by atoms with Gasteiger partial charge in [0.1, 0.15) is 19.3 Å². The predicted molar refractivity (Wildman–Crippen MR) is 454 cm³/mol. The Morgan fingerprint density at radius 3 is 0.764 bits per heavy atom. The van der Waals surface area contributed by atoms with Crippen molar-refractivity contribution < 1.29 is 80.2 Å². The molecular formula is C91H152O17P2. The summed E-state index contributed by atoms with van der Waals surface area (Å²) in [5.41, 5.74) is 0. The van der Waals surface area contributed by atoms with Gasteiger partial charge in [-0.05, 0) is 173 Å². The predicted octanol–water partition coefficient (Wildman–Crippen LogP) is 25.6. The van der Waals surface area contributed by atoms with E-state index in [1.807, 2.05) is 0 Å². The van der Waals surface area contributed by atoms with Crippen LogP contribution in [0, 0.1) is 0 Å². The van der Waals surface area contributed by atoms with Gasteiger partial charge < -0.3 is 33.8 Å². The molecule has 5 unspecified atom stereocenters. The molecule has 0 aliphatic carbocycles. The monoisotopic (exact) mass is 1580 g/mol. The summed E-state index contributed by atoms with van der Waals surface area (Å²) in [4.78, 5) is 73.3. The number of hydrogen-bond donors (Lipinski definition) is 3. The highest BCUT2D eigenvalue weighted by atomic mass is 31.2. The largest absolute Gasteiger partial charge is 0.472 e. The second kappa shape index (κ2) is 81.7. The van der Waals surface area contributed by atoms with Gasteiger partial charge in [0.2, 0.25) is 0 Å². The van der Waals surface area contributed by atoms with Crippen LogP contribution in [0.15, 0.2) is 158 Å². The molecule has 110 heavy (non-hydrogen) atoms. The van der Waals surface area contributed by atoms with Gasteiger partial charge in [0.05, 0.1) is 26.4 Å². The van der Waals surface area contributed by atoms with Crippen LogP contribution in [0.2, 0.25) is 0 Å². The summed E-state index contributed by atoms with van der Waals surface area (Å²) in [7, 11) is -9.99. The number of carbonyl (C=O) groups is 4. The maximum atomic E-state index is 13.1. The number of unbranched alkanes of at least 4 members (excludes halogenated alkanes) is 27. The van der Waals surface area contributed by atoms with Gasteiger partial charge in [-0.3, -0.25) is 37.3 Å². The molecule has 628 valence electrons. The molecule has 0 aliphatic rings. The van der Waals surface area contributed by atoms with E-state index in [0.717, 1.165) is 212 Å². The molecule has 0 aliphatic heterocycles. The number of allylic oxidation sites excluding steroid dienone is 26. The van der Waals surface area contributed by atoms with Gasteiger partial charge in [-0.2, -0.15) is 0 Å². The van der Waals surface area contributed by atoms with Crippen LogP contribution >= 0.6 is 15.6 Å². The smallest absolute Gasteiger partial charge is 0.462 e. The van der Waals surface area contributed by atoms with Crippen molar-refractivity contribution in [3.8, 4) is 0 Å². The van der Waals surface area contributed by atoms with E-state index in [1.54, 1.807) is 0 Å². The highest BCUT2D eigenvalue weighted by Crippen LogP contribution is 2.45. The summed E-state index contributed by atoms with van der Waals surface area (Å²) in [5, 5.41) is 10.7. The Bertz CT molecular complexity index is 2700. The van der Waals surface area contributed by atoms with Crippen LogP contribution in [0.5, 0.6) is 0 Å². The van der Waals surface area contributed by atoms with E-state index in [9.17, 15) is 43.2 Å². The molecule has 0 aromatic rings. The third-order valence-corrected chi connectivity index (χ3v) is 19.4. The first-order valence-electron chi connectivity index (χ1n) is 42.7. The molecule has 17 nitrogen and oxygen atoms in total. The van der Waals surface area contributed by atoms with Gasteiger partial charge in [-0.25, -0.2) is 9.13 Å². The van der Waals surface area contributed by atoms with Crippen molar-refractivity contribution in [3.05, 3.63) is 158 Å². The molecule has 19 heteroatoms. The lowest BCUT2D eigenvalue weighted by Crippen LogP contribution is -2.30. The van der Waals surface area contributed by atoms with Crippen LogP contribution in [0.25, 0.3) is 0 Å².